The molecule has 0 spiro atoms. The average molecular weight is 332 g/mol. The quantitative estimate of drug-likeness (QED) is 0.836. The monoisotopic (exact) mass is 331 g/mol. The third kappa shape index (κ3) is 2.75. The van der Waals surface area contributed by atoms with E-state index in [1.807, 2.05) is 38.1 Å². The van der Waals surface area contributed by atoms with Crippen LogP contribution in [-0.2, 0) is 15.1 Å². The number of carbonyl (C=O) groups is 1. The van der Waals surface area contributed by atoms with Gasteiger partial charge in [0.1, 0.15) is 17.1 Å². The van der Waals surface area contributed by atoms with E-state index in [0.717, 1.165) is 5.56 Å². The van der Waals surface area contributed by atoms with Crippen LogP contribution in [0.25, 0.3) is 5.57 Å². The number of furan rings is 1. The molecule has 0 unspecified atom stereocenters. The molecule has 2 aromatic rings. The molecular formula is C18H18ClNO3. The topological polar surface area (TPSA) is 42.7 Å². The van der Waals surface area contributed by atoms with Crippen molar-refractivity contribution < 1.29 is 13.9 Å². The number of benzene rings is 1. The van der Waals surface area contributed by atoms with E-state index in [1.54, 1.807) is 30.2 Å². The van der Waals surface area contributed by atoms with Gasteiger partial charge in [-0.2, -0.15) is 0 Å². The van der Waals surface area contributed by atoms with Crippen molar-refractivity contribution in [2.45, 2.75) is 26.3 Å². The van der Waals surface area contributed by atoms with Crippen molar-refractivity contribution in [2.24, 2.45) is 0 Å². The zero-order chi connectivity index (χ0) is 16.6. The molecule has 0 atom stereocenters. The maximum atomic E-state index is 13.0. The van der Waals surface area contributed by atoms with Crippen molar-refractivity contribution in [1.29, 1.82) is 0 Å². The van der Waals surface area contributed by atoms with Gasteiger partial charge >= 0.3 is 0 Å². The van der Waals surface area contributed by atoms with Gasteiger partial charge in [0.25, 0.3) is 5.91 Å². The van der Waals surface area contributed by atoms with E-state index < -0.39 is 5.54 Å². The molecule has 0 radical (unpaired) electrons. The fraction of sp³-hybridized carbons (Fsp3) is 0.278. The highest BCUT2D eigenvalue weighted by Crippen LogP contribution is 2.36. The van der Waals surface area contributed by atoms with Gasteiger partial charge in [-0.05, 0) is 50.6 Å². The fourth-order valence-electron chi connectivity index (χ4n) is 2.72. The molecule has 1 aromatic carbocycles. The molecule has 4 nitrogen and oxygen atoms in total. The van der Waals surface area contributed by atoms with Crippen molar-refractivity contribution >= 4 is 23.1 Å². The summed E-state index contributed by atoms with van der Waals surface area (Å²) in [4.78, 5) is 14.7. The van der Waals surface area contributed by atoms with Gasteiger partial charge in [0.15, 0.2) is 6.73 Å². The van der Waals surface area contributed by atoms with E-state index in [4.69, 9.17) is 20.8 Å². The maximum absolute atomic E-state index is 13.0. The zero-order valence-corrected chi connectivity index (χ0v) is 14.1. The number of allylic oxidation sites excluding steroid dienone is 1. The molecule has 23 heavy (non-hydrogen) atoms. The van der Waals surface area contributed by atoms with Crippen LogP contribution in [0.2, 0.25) is 5.02 Å². The average Bonchev–Trinajstić information content (AvgIpc) is 3.01. The van der Waals surface area contributed by atoms with E-state index in [9.17, 15) is 4.79 Å². The maximum Gasteiger partial charge on any atom is 0.264 e. The summed E-state index contributed by atoms with van der Waals surface area (Å²) in [5, 5.41) is 0.638. The van der Waals surface area contributed by atoms with Gasteiger partial charge < -0.3 is 9.15 Å². The number of amides is 1. The first kappa shape index (κ1) is 15.7. The zero-order valence-electron chi connectivity index (χ0n) is 13.3. The highest BCUT2D eigenvalue weighted by atomic mass is 35.5. The molecule has 0 N–H and O–H groups in total. The second-order valence-corrected chi connectivity index (χ2v) is 6.42. The molecule has 0 saturated heterocycles. The highest BCUT2D eigenvalue weighted by Gasteiger charge is 2.39. The summed E-state index contributed by atoms with van der Waals surface area (Å²) in [6.45, 7) is 5.91. The second-order valence-electron chi connectivity index (χ2n) is 5.98. The van der Waals surface area contributed by atoms with Crippen LogP contribution < -0.4 is 0 Å². The first-order valence-electron chi connectivity index (χ1n) is 7.37. The van der Waals surface area contributed by atoms with Crippen molar-refractivity contribution in [1.82, 2.24) is 4.90 Å². The summed E-state index contributed by atoms with van der Waals surface area (Å²) in [6.07, 6.45) is 1.55. The summed E-state index contributed by atoms with van der Waals surface area (Å²) in [5.74, 6) is 0.968. The Hall–Kier alpha value is -2.20. The first-order chi connectivity index (χ1) is 10.9. The van der Waals surface area contributed by atoms with Gasteiger partial charge in [0.2, 0.25) is 0 Å². The summed E-state index contributed by atoms with van der Waals surface area (Å²) >= 11 is 6.10. The molecule has 5 heteroatoms. The number of carbonyl (C=O) groups excluding carboxylic acids is 1. The number of ether oxygens (including phenoxy) is 1. The fourth-order valence-corrected chi connectivity index (χ4v) is 2.91. The van der Waals surface area contributed by atoms with Crippen LogP contribution in [0.4, 0.5) is 0 Å². The highest BCUT2D eigenvalue weighted by molar-refractivity contribution is 6.30. The van der Waals surface area contributed by atoms with E-state index in [2.05, 4.69) is 0 Å². The molecule has 1 aromatic heterocycles. The lowest BCUT2D eigenvalue weighted by molar-refractivity contribution is -0.139. The number of rotatable bonds is 3. The van der Waals surface area contributed by atoms with Gasteiger partial charge in [-0.1, -0.05) is 23.7 Å². The molecule has 1 aliphatic rings. The van der Waals surface area contributed by atoms with Crippen molar-refractivity contribution in [3.05, 3.63) is 64.8 Å². The Morgan fingerprint density at radius 3 is 2.65 bits per heavy atom. The molecular weight excluding hydrogens is 314 g/mol. The van der Waals surface area contributed by atoms with Crippen LogP contribution in [0.5, 0.6) is 0 Å². The van der Waals surface area contributed by atoms with Gasteiger partial charge in [0.05, 0.1) is 11.8 Å². The van der Waals surface area contributed by atoms with Gasteiger partial charge in [-0.25, -0.2) is 0 Å². The standard InChI is InChI=1S/C18H18ClNO3/c1-12-16(15-8-5-9-22-15)17(21)20(11-23-12)18(2,3)13-6-4-7-14(19)10-13/h4-10H,11H2,1-3H3. The minimum absolute atomic E-state index is 0.117. The van der Waals surface area contributed by atoms with Gasteiger partial charge in [-0.15, -0.1) is 0 Å². The lowest BCUT2D eigenvalue weighted by Crippen LogP contribution is -2.49. The lowest BCUT2D eigenvalue weighted by atomic mass is 9.91. The molecule has 0 saturated carbocycles. The number of hydrogen-bond donors (Lipinski definition) is 0. The van der Waals surface area contributed by atoms with Crippen LogP contribution in [0, 0.1) is 0 Å². The Kier molecular flexibility index (Phi) is 3.94. The minimum atomic E-state index is -0.569. The normalized spacial score (nSPS) is 15.8. The molecule has 2 heterocycles. The molecule has 120 valence electrons. The van der Waals surface area contributed by atoms with Crippen molar-refractivity contribution in [3.63, 3.8) is 0 Å². The van der Waals surface area contributed by atoms with Crippen LogP contribution in [0.1, 0.15) is 32.1 Å². The predicted octanol–water partition coefficient (Wildman–Crippen LogP) is 4.42. The summed E-state index contributed by atoms with van der Waals surface area (Å²) in [5.41, 5.74) is 0.831. The van der Waals surface area contributed by atoms with Crippen LogP contribution >= 0.6 is 11.6 Å². The summed E-state index contributed by atoms with van der Waals surface area (Å²) < 4.78 is 11.1. The van der Waals surface area contributed by atoms with Crippen LogP contribution in [0.15, 0.2) is 52.8 Å². The van der Waals surface area contributed by atoms with E-state index >= 15 is 0 Å². The molecule has 3 rings (SSSR count). The van der Waals surface area contributed by atoms with Gasteiger partial charge in [0, 0.05) is 5.02 Å². The predicted molar refractivity (Wildman–Crippen MR) is 88.6 cm³/mol. The molecule has 1 amide bonds. The van der Waals surface area contributed by atoms with E-state index in [1.165, 1.54) is 0 Å². The minimum Gasteiger partial charge on any atom is -0.477 e. The van der Waals surface area contributed by atoms with Crippen LogP contribution in [0.3, 0.4) is 0 Å². The molecule has 0 bridgehead atoms. The second kappa shape index (κ2) is 5.78. The summed E-state index contributed by atoms with van der Waals surface area (Å²) in [7, 11) is 0. The summed E-state index contributed by atoms with van der Waals surface area (Å²) in [6, 6.07) is 11.0. The van der Waals surface area contributed by atoms with Gasteiger partial charge in [-0.3, -0.25) is 9.69 Å². The Morgan fingerprint density at radius 2 is 2.00 bits per heavy atom. The van der Waals surface area contributed by atoms with E-state index in [0.29, 0.717) is 22.1 Å². The first-order valence-corrected chi connectivity index (χ1v) is 7.74. The largest absolute Gasteiger partial charge is 0.477 e. The number of halogens is 1. The Labute approximate surface area is 140 Å². The smallest absolute Gasteiger partial charge is 0.264 e. The lowest BCUT2D eigenvalue weighted by Gasteiger charge is -2.41. The van der Waals surface area contributed by atoms with Crippen molar-refractivity contribution in [2.75, 3.05) is 6.73 Å². The Morgan fingerprint density at radius 1 is 1.22 bits per heavy atom. The van der Waals surface area contributed by atoms with Crippen LogP contribution in [-0.4, -0.2) is 17.5 Å². The molecule has 1 aliphatic heterocycles. The number of hydrogen-bond acceptors (Lipinski definition) is 3. The SMILES string of the molecule is CC1=C(c2ccco2)C(=O)N(C(C)(C)c2cccc(Cl)c2)CO1. The third-order valence-electron chi connectivity index (χ3n) is 4.19. The number of nitrogens with zero attached hydrogens (tertiary/aromatic N) is 1. The Balaban J connectivity index is 2.00. The third-order valence-corrected chi connectivity index (χ3v) is 4.43. The van der Waals surface area contributed by atoms with Crippen molar-refractivity contribution in [3.8, 4) is 0 Å². The van der Waals surface area contributed by atoms with E-state index in [-0.39, 0.29) is 12.6 Å². The Bertz CT molecular complexity index is 762. The molecule has 0 aliphatic carbocycles. The molecule has 0 fully saturated rings.